The van der Waals surface area contributed by atoms with Gasteiger partial charge in [-0.2, -0.15) is 0 Å². The van der Waals surface area contributed by atoms with Gasteiger partial charge in [0.2, 0.25) is 0 Å². The van der Waals surface area contributed by atoms with Crippen LogP contribution in [0.2, 0.25) is 0 Å². The lowest BCUT2D eigenvalue weighted by atomic mass is 10.1. The average molecular weight is 362 g/mol. The van der Waals surface area contributed by atoms with E-state index in [4.69, 9.17) is 4.74 Å². The van der Waals surface area contributed by atoms with E-state index in [1.54, 1.807) is 0 Å². The summed E-state index contributed by atoms with van der Waals surface area (Å²) < 4.78 is 6.92. The standard InChI is InChI=1S/C18H20BrNO2/c1-13(18(21)20-9-3-2-4-10-20)22-17-8-6-14-11-16(19)7-5-15(14)12-17/h5-8,11-13H,2-4,9-10H2,1H3/t13-/m0/s1. The topological polar surface area (TPSA) is 29.5 Å². The summed E-state index contributed by atoms with van der Waals surface area (Å²) >= 11 is 3.47. The third kappa shape index (κ3) is 3.43. The zero-order valence-corrected chi connectivity index (χ0v) is 14.3. The zero-order chi connectivity index (χ0) is 15.5. The molecule has 116 valence electrons. The minimum absolute atomic E-state index is 0.0932. The van der Waals surface area contributed by atoms with Gasteiger partial charge in [0.1, 0.15) is 5.75 Å². The molecule has 4 heteroatoms. The van der Waals surface area contributed by atoms with Crippen LogP contribution < -0.4 is 4.74 Å². The van der Waals surface area contributed by atoms with E-state index in [1.165, 1.54) is 6.42 Å². The molecule has 0 radical (unpaired) electrons. The van der Waals surface area contributed by atoms with Crippen LogP contribution in [0.1, 0.15) is 26.2 Å². The molecule has 0 N–H and O–H groups in total. The molecule has 0 bridgehead atoms. The number of fused-ring (bicyclic) bond motifs is 1. The van der Waals surface area contributed by atoms with Crippen molar-refractivity contribution in [1.29, 1.82) is 0 Å². The lowest BCUT2D eigenvalue weighted by Crippen LogP contribution is -2.43. The van der Waals surface area contributed by atoms with Crippen molar-refractivity contribution in [2.75, 3.05) is 13.1 Å². The van der Waals surface area contributed by atoms with Gasteiger partial charge in [0.15, 0.2) is 6.10 Å². The van der Waals surface area contributed by atoms with Gasteiger partial charge in [-0.3, -0.25) is 4.79 Å². The maximum atomic E-state index is 12.4. The average Bonchev–Trinajstić information content (AvgIpc) is 2.55. The first-order chi connectivity index (χ1) is 10.6. The summed E-state index contributed by atoms with van der Waals surface area (Å²) in [5, 5.41) is 2.26. The molecule has 1 atom stereocenters. The van der Waals surface area contributed by atoms with Gasteiger partial charge >= 0.3 is 0 Å². The number of amides is 1. The third-order valence-electron chi connectivity index (χ3n) is 4.10. The van der Waals surface area contributed by atoms with Crippen molar-refractivity contribution in [3.63, 3.8) is 0 Å². The van der Waals surface area contributed by atoms with Gasteiger partial charge in [0.25, 0.3) is 5.91 Å². The van der Waals surface area contributed by atoms with E-state index in [0.29, 0.717) is 0 Å². The summed E-state index contributed by atoms with van der Waals surface area (Å²) in [5.74, 6) is 0.836. The molecule has 3 nitrogen and oxygen atoms in total. The van der Waals surface area contributed by atoms with Crippen LogP contribution >= 0.6 is 15.9 Å². The van der Waals surface area contributed by atoms with Crippen LogP contribution in [0.15, 0.2) is 40.9 Å². The second-order valence-corrected chi connectivity index (χ2v) is 6.71. The number of halogens is 1. The zero-order valence-electron chi connectivity index (χ0n) is 12.7. The van der Waals surface area contributed by atoms with Crippen LogP contribution in [0.3, 0.4) is 0 Å². The Morgan fingerprint density at radius 2 is 1.77 bits per heavy atom. The number of hydrogen-bond donors (Lipinski definition) is 0. The van der Waals surface area contributed by atoms with Crippen LogP contribution in [-0.2, 0) is 4.79 Å². The number of carbonyl (C=O) groups excluding carboxylic acids is 1. The number of likely N-dealkylation sites (tertiary alicyclic amines) is 1. The van der Waals surface area contributed by atoms with Crippen LogP contribution in [-0.4, -0.2) is 30.0 Å². The van der Waals surface area contributed by atoms with E-state index in [2.05, 4.69) is 22.0 Å². The van der Waals surface area contributed by atoms with Crippen LogP contribution in [0.5, 0.6) is 5.75 Å². The molecule has 2 aromatic carbocycles. The first-order valence-corrected chi connectivity index (χ1v) is 8.57. The number of hydrogen-bond acceptors (Lipinski definition) is 2. The summed E-state index contributed by atoms with van der Waals surface area (Å²) in [4.78, 5) is 14.3. The van der Waals surface area contributed by atoms with Crippen LogP contribution in [0.25, 0.3) is 10.8 Å². The fourth-order valence-electron chi connectivity index (χ4n) is 2.89. The third-order valence-corrected chi connectivity index (χ3v) is 4.60. The lowest BCUT2D eigenvalue weighted by Gasteiger charge is -2.29. The molecular weight excluding hydrogens is 342 g/mol. The number of nitrogens with zero attached hydrogens (tertiary/aromatic N) is 1. The van der Waals surface area contributed by atoms with Gasteiger partial charge in [-0.1, -0.05) is 28.1 Å². The molecule has 3 rings (SSSR count). The molecule has 1 heterocycles. The monoisotopic (exact) mass is 361 g/mol. The molecular formula is C18H20BrNO2. The normalized spacial score (nSPS) is 16.5. The smallest absolute Gasteiger partial charge is 0.263 e. The lowest BCUT2D eigenvalue weighted by molar-refractivity contribution is -0.138. The van der Waals surface area contributed by atoms with Crippen molar-refractivity contribution in [2.24, 2.45) is 0 Å². The minimum atomic E-state index is -0.439. The van der Waals surface area contributed by atoms with E-state index >= 15 is 0 Å². The van der Waals surface area contributed by atoms with Gasteiger partial charge in [0, 0.05) is 17.6 Å². The largest absolute Gasteiger partial charge is 0.481 e. The maximum Gasteiger partial charge on any atom is 0.263 e. The van der Waals surface area contributed by atoms with Crippen LogP contribution in [0, 0.1) is 0 Å². The molecule has 0 aromatic heterocycles. The molecule has 0 unspecified atom stereocenters. The van der Waals surface area contributed by atoms with E-state index in [-0.39, 0.29) is 5.91 Å². The molecule has 1 amide bonds. The highest BCUT2D eigenvalue weighted by Crippen LogP contribution is 2.25. The molecule has 1 aliphatic heterocycles. The van der Waals surface area contributed by atoms with Gasteiger partial charge < -0.3 is 9.64 Å². The Morgan fingerprint density at radius 1 is 1.09 bits per heavy atom. The highest BCUT2D eigenvalue weighted by atomic mass is 79.9. The Bertz CT molecular complexity index is 680. The first-order valence-electron chi connectivity index (χ1n) is 7.78. The van der Waals surface area contributed by atoms with Crippen molar-refractivity contribution in [1.82, 2.24) is 4.90 Å². The van der Waals surface area contributed by atoms with Crippen LogP contribution in [0.4, 0.5) is 0 Å². The minimum Gasteiger partial charge on any atom is -0.481 e. The Kier molecular flexibility index (Phi) is 4.67. The second kappa shape index (κ2) is 6.69. The Labute approximate surface area is 139 Å². The molecule has 0 saturated carbocycles. The van der Waals surface area contributed by atoms with Gasteiger partial charge in [0.05, 0.1) is 0 Å². The number of carbonyl (C=O) groups is 1. The van der Waals surface area contributed by atoms with E-state index in [1.807, 2.05) is 42.2 Å². The molecule has 1 fully saturated rings. The maximum absolute atomic E-state index is 12.4. The summed E-state index contributed by atoms with van der Waals surface area (Å²) in [6, 6.07) is 12.1. The SMILES string of the molecule is C[C@H](Oc1ccc2cc(Br)ccc2c1)C(=O)N1CCCCC1. The number of benzene rings is 2. The predicted molar refractivity (Wildman–Crippen MR) is 92.2 cm³/mol. The number of ether oxygens (including phenoxy) is 1. The fraction of sp³-hybridized carbons (Fsp3) is 0.389. The summed E-state index contributed by atoms with van der Waals surface area (Å²) in [6.07, 6.45) is 2.98. The molecule has 2 aromatic rings. The number of piperidine rings is 1. The van der Waals surface area contributed by atoms with Crippen molar-refractivity contribution in [2.45, 2.75) is 32.3 Å². The van der Waals surface area contributed by atoms with E-state index in [9.17, 15) is 4.79 Å². The fourth-order valence-corrected chi connectivity index (χ4v) is 3.27. The van der Waals surface area contributed by atoms with Crippen molar-refractivity contribution in [3.05, 3.63) is 40.9 Å². The molecule has 0 aliphatic carbocycles. The second-order valence-electron chi connectivity index (χ2n) is 5.80. The molecule has 22 heavy (non-hydrogen) atoms. The predicted octanol–water partition coefficient (Wildman–Crippen LogP) is 4.38. The first kappa shape index (κ1) is 15.3. The molecule has 0 spiro atoms. The summed E-state index contributed by atoms with van der Waals surface area (Å²) in [7, 11) is 0. The van der Waals surface area contributed by atoms with Gasteiger partial charge in [-0.25, -0.2) is 0 Å². The molecule has 1 saturated heterocycles. The highest BCUT2D eigenvalue weighted by molar-refractivity contribution is 9.10. The van der Waals surface area contributed by atoms with Crippen molar-refractivity contribution in [3.8, 4) is 5.75 Å². The Morgan fingerprint density at radius 3 is 2.55 bits per heavy atom. The highest BCUT2D eigenvalue weighted by Gasteiger charge is 2.23. The van der Waals surface area contributed by atoms with E-state index < -0.39 is 6.10 Å². The van der Waals surface area contributed by atoms with Gasteiger partial charge in [-0.15, -0.1) is 0 Å². The summed E-state index contributed by atoms with van der Waals surface area (Å²) in [5.41, 5.74) is 0. The quantitative estimate of drug-likeness (QED) is 0.811. The van der Waals surface area contributed by atoms with Gasteiger partial charge in [-0.05, 0) is 61.2 Å². The summed E-state index contributed by atoms with van der Waals surface area (Å²) in [6.45, 7) is 3.55. The van der Waals surface area contributed by atoms with Crippen molar-refractivity contribution >= 4 is 32.6 Å². The Hall–Kier alpha value is -1.55. The Balaban J connectivity index is 1.71. The molecule has 1 aliphatic rings. The van der Waals surface area contributed by atoms with E-state index in [0.717, 1.165) is 46.9 Å². The van der Waals surface area contributed by atoms with Crippen molar-refractivity contribution < 1.29 is 9.53 Å². The number of rotatable bonds is 3.